The number of piperazine rings is 1. The van der Waals surface area contributed by atoms with E-state index in [4.69, 9.17) is 5.73 Å². The summed E-state index contributed by atoms with van der Waals surface area (Å²) in [6, 6.07) is 6.85. The molecule has 0 amide bonds. The van der Waals surface area contributed by atoms with Crippen molar-refractivity contribution in [2.24, 2.45) is 0 Å². The predicted molar refractivity (Wildman–Crippen MR) is 74.2 cm³/mol. The lowest BCUT2D eigenvalue weighted by atomic mass is 10.2. The van der Waals surface area contributed by atoms with Crippen LogP contribution in [0.5, 0.6) is 0 Å². The first kappa shape index (κ1) is 12.9. The van der Waals surface area contributed by atoms with Gasteiger partial charge in [-0.3, -0.25) is 4.90 Å². The topological polar surface area (TPSA) is 66.6 Å². The minimum Gasteiger partial charge on any atom is -0.399 e. The van der Waals surface area contributed by atoms with Gasteiger partial charge in [-0.05, 0) is 43.7 Å². The number of nitrogens with zero attached hydrogens (tertiary/aromatic N) is 2. The van der Waals surface area contributed by atoms with Crippen LogP contribution in [0.15, 0.2) is 29.2 Å². The summed E-state index contributed by atoms with van der Waals surface area (Å²) in [4.78, 5) is 2.74. The maximum absolute atomic E-state index is 12.6. The lowest BCUT2D eigenvalue weighted by Crippen LogP contribution is -2.51. The van der Waals surface area contributed by atoms with E-state index in [9.17, 15) is 8.42 Å². The zero-order valence-corrected chi connectivity index (χ0v) is 11.6. The molecule has 6 heteroatoms. The van der Waals surface area contributed by atoms with Crippen molar-refractivity contribution in [3.8, 4) is 0 Å². The Hall–Kier alpha value is -1.11. The number of nitrogen functional groups attached to an aromatic ring is 1. The molecule has 2 aliphatic heterocycles. The van der Waals surface area contributed by atoms with Gasteiger partial charge in [-0.1, -0.05) is 0 Å². The Morgan fingerprint density at radius 2 is 1.84 bits per heavy atom. The normalized spacial score (nSPS) is 25.4. The zero-order valence-electron chi connectivity index (χ0n) is 10.8. The SMILES string of the molecule is Nc1ccc(S(=O)(=O)N2CCN3CCCC3C2)cc1. The second-order valence-corrected chi connectivity index (χ2v) is 7.20. The third-order valence-corrected chi connectivity index (χ3v) is 5.95. The van der Waals surface area contributed by atoms with Crippen molar-refractivity contribution in [2.45, 2.75) is 23.8 Å². The highest BCUT2D eigenvalue weighted by Gasteiger charge is 2.36. The molecule has 2 N–H and O–H groups in total. The molecule has 19 heavy (non-hydrogen) atoms. The highest BCUT2D eigenvalue weighted by molar-refractivity contribution is 7.89. The molecule has 3 rings (SSSR count). The smallest absolute Gasteiger partial charge is 0.243 e. The zero-order chi connectivity index (χ0) is 13.5. The van der Waals surface area contributed by atoms with E-state index in [1.165, 1.54) is 6.42 Å². The molecule has 0 aliphatic carbocycles. The van der Waals surface area contributed by atoms with Crippen LogP contribution in [0.4, 0.5) is 5.69 Å². The van der Waals surface area contributed by atoms with Crippen LogP contribution in [0.2, 0.25) is 0 Å². The van der Waals surface area contributed by atoms with Gasteiger partial charge < -0.3 is 5.73 Å². The van der Waals surface area contributed by atoms with Crippen molar-refractivity contribution in [1.82, 2.24) is 9.21 Å². The lowest BCUT2D eigenvalue weighted by molar-refractivity contribution is 0.158. The summed E-state index contributed by atoms with van der Waals surface area (Å²) in [5.74, 6) is 0. The van der Waals surface area contributed by atoms with Crippen LogP contribution in [-0.4, -0.2) is 49.8 Å². The van der Waals surface area contributed by atoms with Crippen molar-refractivity contribution in [3.63, 3.8) is 0 Å². The molecule has 1 aromatic rings. The molecular weight excluding hydrogens is 262 g/mol. The fraction of sp³-hybridized carbons (Fsp3) is 0.538. The molecule has 2 heterocycles. The van der Waals surface area contributed by atoms with E-state index in [2.05, 4.69) is 4.90 Å². The molecule has 1 atom stereocenters. The first-order chi connectivity index (χ1) is 9.07. The second kappa shape index (κ2) is 4.77. The van der Waals surface area contributed by atoms with Gasteiger partial charge in [-0.2, -0.15) is 4.31 Å². The summed E-state index contributed by atoms with van der Waals surface area (Å²) >= 11 is 0. The molecule has 0 spiro atoms. The van der Waals surface area contributed by atoms with Gasteiger partial charge in [-0.25, -0.2) is 8.42 Å². The highest BCUT2D eigenvalue weighted by Crippen LogP contribution is 2.25. The molecule has 0 aromatic heterocycles. The highest BCUT2D eigenvalue weighted by atomic mass is 32.2. The number of hydrogen-bond acceptors (Lipinski definition) is 4. The summed E-state index contributed by atoms with van der Waals surface area (Å²) in [5.41, 5.74) is 6.19. The number of anilines is 1. The van der Waals surface area contributed by atoms with Crippen molar-refractivity contribution >= 4 is 15.7 Å². The molecule has 0 radical (unpaired) electrons. The monoisotopic (exact) mass is 281 g/mol. The average molecular weight is 281 g/mol. The van der Waals surface area contributed by atoms with Crippen LogP contribution in [0.1, 0.15) is 12.8 Å². The van der Waals surface area contributed by atoms with Gasteiger partial charge in [0.1, 0.15) is 0 Å². The van der Waals surface area contributed by atoms with Crippen LogP contribution < -0.4 is 5.73 Å². The number of rotatable bonds is 2. The fourth-order valence-corrected chi connectivity index (χ4v) is 4.44. The molecule has 0 saturated carbocycles. The second-order valence-electron chi connectivity index (χ2n) is 5.26. The summed E-state index contributed by atoms with van der Waals surface area (Å²) in [7, 11) is -3.37. The van der Waals surface area contributed by atoms with Gasteiger partial charge in [0.25, 0.3) is 0 Å². The number of sulfonamides is 1. The molecule has 2 saturated heterocycles. The molecule has 0 bridgehead atoms. The van der Waals surface area contributed by atoms with E-state index in [1.807, 2.05) is 0 Å². The fourth-order valence-electron chi connectivity index (χ4n) is 2.97. The lowest BCUT2D eigenvalue weighted by Gasteiger charge is -2.36. The molecule has 2 aliphatic rings. The molecule has 5 nitrogen and oxygen atoms in total. The Labute approximate surface area is 114 Å². The summed E-state index contributed by atoms with van der Waals surface area (Å²) in [6.07, 6.45) is 2.29. The minimum absolute atomic E-state index is 0.341. The van der Waals surface area contributed by atoms with Gasteiger partial charge >= 0.3 is 0 Å². The van der Waals surface area contributed by atoms with Crippen molar-refractivity contribution in [2.75, 3.05) is 31.9 Å². The van der Waals surface area contributed by atoms with Crippen LogP contribution >= 0.6 is 0 Å². The maximum atomic E-state index is 12.6. The molecular formula is C13H19N3O2S. The van der Waals surface area contributed by atoms with Crippen molar-refractivity contribution in [1.29, 1.82) is 0 Å². The average Bonchev–Trinajstić information content (AvgIpc) is 2.86. The molecule has 1 unspecified atom stereocenters. The first-order valence-corrected chi connectivity index (χ1v) is 8.11. The predicted octanol–water partition coefficient (Wildman–Crippen LogP) is 0.738. The van der Waals surface area contributed by atoms with E-state index < -0.39 is 10.0 Å². The number of fused-ring (bicyclic) bond motifs is 1. The van der Waals surface area contributed by atoms with Gasteiger partial charge in [0.15, 0.2) is 0 Å². The Bertz CT molecular complexity index is 556. The van der Waals surface area contributed by atoms with E-state index in [0.717, 1.165) is 19.5 Å². The summed E-state index contributed by atoms with van der Waals surface area (Å²) in [5, 5.41) is 0. The quantitative estimate of drug-likeness (QED) is 0.812. The standard InChI is InChI=1S/C13H19N3O2S/c14-11-3-5-13(6-4-11)19(17,18)16-9-8-15-7-1-2-12(15)10-16/h3-6,12H,1-2,7-10,14H2. The third-order valence-electron chi connectivity index (χ3n) is 4.07. The van der Waals surface area contributed by atoms with E-state index in [-0.39, 0.29) is 0 Å². The number of benzene rings is 1. The Morgan fingerprint density at radius 3 is 2.58 bits per heavy atom. The van der Waals surface area contributed by atoms with Crippen LogP contribution in [-0.2, 0) is 10.0 Å². The Kier molecular flexibility index (Phi) is 3.24. The summed E-state index contributed by atoms with van der Waals surface area (Å²) < 4.78 is 26.7. The van der Waals surface area contributed by atoms with Crippen molar-refractivity contribution in [3.05, 3.63) is 24.3 Å². The molecule has 104 valence electrons. The largest absolute Gasteiger partial charge is 0.399 e. The molecule has 2 fully saturated rings. The van der Waals surface area contributed by atoms with Crippen molar-refractivity contribution < 1.29 is 8.42 Å². The van der Waals surface area contributed by atoms with Gasteiger partial charge in [-0.15, -0.1) is 0 Å². The van der Waals surface area contributed by atoms with Crippen LogP contribution in [0.25, 0.3) is 0 Å². The first-order valence-electron chi connectivity index (χ1n) is 6.67. The van der Waals surface area contributed by atoms with Gasteiger partial charge in [0.05, 0.1) is 4.90 Å². The number of nitrogens with two attached hydrogens (primary N) is 1. The summed E-state index contributed by atoms with van der Waals surface area (Å²) in [6.45, 7) is 3.16. The third kappa shape index (κ3) is 2.35. The Balaban J connectivity index is 1.82. The van der Waals surface area contributed by atoms with E-state index in [0.29, 0.717) is 29.7 Å². The molecule has 1 aromatic carbocycles. The van der Waals surface area contributed by atoms with E-state index in [1.54, 1.807) is 28.6 Å². The minimum atomic E-state index is -3.37. The van der Waals surface area contributed by atoms with Gasteiger partial charge in [0.2, 0.25) is 10.0 Å². The van der Waals surface area contributed by atoms with E-state index >= 15 is 0 Å². The Morgan fingerprint density at radius 1 is 1.11 bits per heavy atom. The number of hydrogen-bond donors (Lipinski definition) is 1. The van der Waals surface area contributed by atoms with Crippen LogP contribution in [0, 0.1) is 0 Å². The van der Waals surface area contributed by atoms with Crippen LogP contribution in [0.3, 0.4) is 0 Å². The maximum Gasteiger partial charge on any atom is 0.243 e. The van der Waals surface area contributed by atoms with Gasteiger partial charge in [0, 0.05) is 31.4 Å².